The Kier molecular flexibility index (Phi) is 4.51. The summed E-state index contributed by atoms with van der Waals surface area (Å²) in [5.74, 6) is 6.98. The number of nitrogens with one attached hydrogen (secondary N) is 2. The highest BCUT2D eigenvalue weighted by molar-refractivity contribution is 6.33. The maximum absolute atomic E-state index is 6.08. The molecule has 0 bridgehead atoms. The molecule has 1 aromatic heterocycles. The summed E-state index contributed by atoms with van der Waals surface area (Å²) in [6, 6.07) is 9.08. The molecule has 2 rings (SSSR count). The second kappa shape index (κ2) is 6.33. The summed E-state index contributed by atoms with van der Waals surface area (Å²) in [6.45, 7) is 0.298. The predicted octanol–water partition coefficient (Wildman–Crippen LogP) is 2.31. The summed E-state index contributed by atoms with van der Waals surface area (Å²) in [4.78, 5) is 8.47. The summed E-state index contributed by atoms with van der Waals surface area (Å²) in [5, 5.41) is 3.72. The molecule has 0 atom stereocenters. The first-order valence-corrected chi connectivity index (χ1v) is 5.96. The largest absolute Gasteiger partial charge is 0.377 e. The van der Waals surface area contributed by atoms with E-state index in [2.05, 4.69) is 20.7 Å². The number of halogens is 1. The van der Waals surface area contributed by atoms with E-state index in [-0.39, 0.29) is 0 Å². The average molecular weight is 280 g/mol. The van der Waals surface area contributed by atoms with Crippen molar-refractivity contribution in [2.75, 3.05) is 17.9 Å². The maximum atomic E-state index is 6.08. The first kappa shape index (κ1) is 13.5. The van der Waals surface area contributed by atoms with Crippen LogP contribution < -0.4 is 16.6 Å². The molecule has 0 spiro atoms. The van der Waals surface area contributed by atoms with E-state index in [4.69, 9.17) is 22.2 Å². The highest BCUT2D eigenvalue weighted by Crippen LogP contribution is 2.24. The van der Waals surface area contributed by atoms with Gasteiger partial charge in [-0.25, -0.2) is 15.8 Å². The molecule has 2 aromatic rings. The van der Waals surface area contributed by atoms with Crippen molar-refractivity contribution < 1.29 is 4.74 Å². The van der Waals surface area contributed by atoms with Gasteiger partial charge in [0.1, 0.15) is 18.2 Å². The summed E-state index contributed by atoms with van der Waals surface area (Å²) < 4.78 is 5.01. The Hall–Kier alpha value is -1.89. The van der Waals surface area contributed by atoms with Gasteiger partial charge in [-0.1, -0.05) is 23.7 Å². The monoisotopic (exact) mass is 279 g/mol. The number of ether oxygens (including phenoxy) is 1. The van der Waals surface area contributed by atoms with Crippen LogP contribution in [-0.2, 0) is 11.3 Å². The van der Waals surface area contributed by atoms with Gasteiger partial charge in [-0.15, -0.1) is 0 Å². The lowest BCUT2D eigenvalue weighted by Crippen LogP contribution is -2.11. The van der Waals surface area contributed by atoms with E-state index < -0.39 is 0 Å². The summed E-state index contributed by atoms with van der Waals surface area (Å²) in [5.41, 5.74) is 3.25. The van der Waals surface area contributed by atoms with Gasteiger partial charge < -0.3 is 15.5 Å². The number of nitrogens with zero attached hydrogens (tertiary/aromatic N) is 2. The van der Waals surface area contributed by atoms with Crippen LogP contribution in [0.15, 0.2) is 30.3 Å². The van der Waals surface area contributed by atoms with Gasteiger partial charge in [-0.05, 0) is 12.1 Å². The van der Waals surface area contributed by atoms with Gasteiger partial charge in [0, 0.05) is 13.2 Å². The molecule has 100 valence electrons. The lowest BCUT2D eigenvalue weighted by atomic mass is 10.3. The van der Waals surface area contributed by atoms with Crippen LogP contribution in [-0.4, -0.2) is 17.1 Å². The summed E-state index contributed by atoms with van der Waals surface area (Å²) >= 11 is 6.08. The van der Waals surface area contributed by atoms with Crippen molar-refractivity contribution in [3.63, 3.8) is 0 Å². The highest BCUT2D eigenvalue weighted by Gasteiger charge is 2.06. The number of nitrogens with two attached hydrogens (primary N) is 1. The number of para-hydroxylation sites is 1. The number of benzene rings is 1. The Labute approximate surface area is 115 Å². The van der Waals surface area contributed by atoms with Crippen molar-refractivity contribution >= 4 is 28.9 Å². The van der Waals surface area contributed by atoms with E-state index in [0.717, 1.165) is 5.69 Å². The van der Waals surface area contributed by atoms with Gasteiger partial charge in [-0.3, -0.25) is 0 Å². The van der Waals surface area contributed by atoms with Crippen LogP contribution in [0.2, 0.25) is 5.02 Å². The first-order chi connectivity index (χ1) is 9.22. The van der Waals surface area contributed by atoms with Crippen molar-refractivity contribution in [2.24, 2.45) is 5.84 Å². The number of rotatable bonds is 5. The zero-order valence-electron chi connectivity index (χ0n) is 10.4. The number of anilines is 3. The molecule has 0 saturated heterocycles. The van der Waals surface area contributed by atoms with Crippen LogP contribution in [0.1, 0.15) is 5.82 Å². The molecule has 1 heterocycles. The van der Waals surface area contributed by atoms with Crippen molar-refractivity contribution in [1.29, 1.82) is 0 Å². The van der Waals surface area contributed by atoms with Crippen molar-refractivity contribution in [3.05, 3.63) is 41.2 Å². The Morgan fingerprint density at radius 2 is 2.00 bits per heavy atom. The van der Waals surface area contributed by atoms with E-state index in [1.165, 1.54) is 0 Å². The fraction of sp³-hybridized carbons (Fsp3) is 0.167. The molecule has 0 amide bonds. The van der Waals surface area contributed by atoms with Crippen LogP contribution >= 0.6 is 11.6 Å². The van der Waals surface area contributed by atoms with E-state index in [1.807, 2.05) is 18.2 Å². The molecule has 0 aliphatic rings. The smallest absolute Gasteiger partial charge is 0.158 e. The second-order valence-corrected chi connectivity index (χ2v) is 4.14. The van der Waals surface area contributed by atoms with E-state index in [9.17, 15) is 0 Å². The number of hydrogen-bond donors (Lipinski definition) is 3. The van der Waals surface area contributed by atoms with Gasteiger partial charge in [0.2, 0.25) is 0 Å². The molecule has 0 saturated carbocycles. The minimum atomic E-state index is 0.298. The minimum Gasteiger partial charge on any atom is -0.377 e. The van der Waals surface area contributed by atoms with Gasteiger partial charge in [-0.2, -0.15) is 0 Å². The number of hydrogen-bond acceptors (Lipinski definition) is 6. The molecule has 4 N–H and O–H groups in total. The molecule has 1 aromatic carbocycles. The van der Waals surface area contributed by atoms with Crippen molar-refractivity contribution in [1.82, 2.24) is 9.97 Å². The van der Waals surface area contributed by atoms with Crippen LogP contribution in [0.5, 0.6) is 0 Å². The highest BCUT2D eigenvalue weighted by atomic mass is 35.5. The number of methoxy groups -OCH3 is 1. The molecule has 0 fully saturated rings. The molecule has 0 radical (unpaired) electrons. The number of nitrogen functional groups attached to an aromatic ring is 1. The Morgan fingerprint density at radius 3 is 2.68 bits per heavy atom. The lowest BCUT2D eigenvalue weighted by molar-refractivity contribution is 0.178. The Morgan fingerprint density at radius 1 is 1.26 bits per heavy atom. The molecule has 0 unspecified atom stereocenters. The summed E-state index contributed by atoms with van der Waals surface area (Å²) in [6.07, 6.45) is 0. The minimum absolute atomic E-state index is 0.298. The van der Waals surface area contributed by atoms with Gasteiger partial charge in [0.25, 0.3) is 0 Å². The van der Waals surface area contributed by atoms with Crippen molar-refractivity contribution in [3.8, 4) is 0 Å². The maximum Gasteiger partial charge on any atom is 0.158 e. The quantitative estimate of drug-likeness (QED) is 0.575. The zero-order chi connectivity index (χ0) is 13.7. The van der Waals surface area contributed by atoms with Gasteiger partial charge in [0.15, 0.2) is 5.82 Å². The molecule has 0 aliphatic carbocycles. The Balaban J connectivity index is 2.29. The average Bonchev–Trinajstić information content (AvgIpc) is 2.41. The molecular weight excluding hydrogens is 266 g/mol. The van der Waals surface area contributed by atoms with Gasteiger partial charge >= 0.3 is 0 Å². The summed E-state index contributed by atoms with van der Waals surface area (Å²) in [7, 11) is 1.58. The van der Waals surface area contributed by atoms with Crippen LogP contribution in [0, 0.1) is 0 Å². The third-order valence-corrected chi connectivity index (χ3v) is 2.66. The third-order valence-electron chi connectivity index (χ3n) is 2.33. The van der Waals surface area contributed by atoms with E-state index in [0.29, 0.717) is 29.1 Å². The molecule has 0 aliphatic heterocycles. The van der Waals surface area contributed by atoms with Crippen LogP contribution in [0.4, 0.5) is 17.3 Å². The standard InChI is InChI=1S/C12H14ClN5O/c1-19-7-12-16-10(6-11(17-12)18-14)15-9-5-3-2-4-8(9)13/h2-6H,7,14H2,1H3,(H2,15,16,17,18). The van der Waals surface area contributed by atoms with Crippen LogP contribution in [0.25, 0.3) is 0 Å². The number of hydrazine groups is 1. The second-order valence-electron chi connectivity index (χ2n) is 3.74. The zero-order valence-corrected chi connectivity index (χ0v) is 11.1. The van der Waals surface area contributed by atoms with E-state index >= 15 is 0 Å². The van der Waals surface area contributed by atoms with Crippen molar-refractivity contribution in [2.45, 2.75) is 6.61 Å². The topological polar surface area (TPSA) is 85.1 Å². The fourth-order valence-electron chi connectivity index (χ4n) is 1.53. The molecule has 19 heavy (non-hydrogen) atoms. The third kappa shape index (κ3) is 3.54. The lowest BCUT2D eigenvalue weighted by Gasteiger charge is -2.10. The normalized spacial score (nSPS) is 10.3. The Bertz CT molecular complexity index is 564. The first-order valence-electron chi connectivity index (χ1n) is 5.58. The van der Waals surface area contributed by atoms with E-state index in [1.54, 1.807) is 19.2 Å². The molecule has 7 heteroatoms. The number of aromatic nitrogens is 2. The fourth-order valence-corrected chi connectivity index (χ4v) is 1.71. The van der Waals surface area contributed by atoms with Crippen LogP contribution in [0.3, 0.4) is 0 Å². The predicted molar refractivity (Wildman–Crippen MR) is 75.3 cm³/mol. The SMILES string of the molecule is COCc1nc(NN)cc(Nc2ccccc2Cl)n1. The molecular formula is C12H14ClN5O. The van der Waals surface area contributed by atoms with Gasteiger partial charge in [0.05, 0.1) is 10.7 Å². The molecule has 6 nitrogen and oxygen atoms in total.